The van der Waals surface area contributed by atoms with Gasteiger partial charge in [-0.25, -0.2) is 0 Å². The molecule has 0 aliphatic carbocycles. The summed E-state index contributed by atoms with van der Waals surface area (Å²) in [7, 11) is 3.29. The fourth-order valence-corrected chi connectivity index (χ4v) is 2.27. The summed E-state index contributed by atoms with van der Waals surface area (Å²) in [6.07, 6.45) is 0. The third-order valence-corrected chi connectivity index (χ3v) is 3.23. The molecular formula is C12H15BrN2O2S. The minimum absolute atomic E-state index is 0.152. The number of nitrogens with one attached hydrogen (secondary N) is 1. The zero-order valence-electron chi connectivity index (χ0n) is 10.4. The van der Waals surface area contributed by atoms with Crippen LogP contribution in [0.25, 0.3) is 0 Å². The molecule has 0 saturated heterocycles. The molecule has 2 amide bonds. The van der Waals surface area contributed by atoms with Crippen molar-refractivity contribution in [2.75, 3.05) is 14.1 Å². The normalized spacial score (nSPS) is 11.8. The van der Waals surface area contributed by atoms with Crippen LogP contribution in [0.15, 0.2) is 27.6 Å². The van der Waals surface area contributed by atoms with Crippen molar-refractivity contribution >= 4 is 40.4 Å². The van der Waals surface area contributed by atoms with Crippen LogP contribution in [0.1, 0.15) is 17.3 Å². The monoisotopic (exact) mass is 330 g/mol. The lowest BCUT2D eigenvalue weighted by atomic mass is 10.2. The number of rotatable bonds is 3. The Morgan fingerprint density at radius 2 is 2.00 bits per heavy atom. The van der Waals surface area contributed by atoms with Gasteiger partial charge >= 0.3 is 0 Å². The highest BCUT2D eigenvalue weighted by Crippen LogP contribution is 2.19. The van der Waals surface area contributed by atoms with E-state index in [-0.39, 0.29) is 11.8 Å². The van der Waals surface area contributed by atoms with Crippen molar-refractivity contribution in [1.82, 2.24) is 10.2 Å². The van der Waals surface area contributed by atoms with Gasteiger partial charge in [-0.05, 0) is 25.1 Å². The molecule has 18 heavy (non-hydrogen) atoms. The number of carbonyl (C=O) groups excluding carboxylic acids is 2. The Balaban J connectivity index is 2.80. The highest BCUT2D eigenvalue weighted by molar-refractivity contribution is 9.10. The molecular weight excluding hydrogens is 316 g/mol. The molecule has 0 aliphatic rings. The van der Waals surface area contributed by atoms with Gasteiger partial charge in [0, 0.05) is 23.5 Å². The van der Waals surface area contributed by atoms with Crippen LogP contribution in [0.5, 0.6) is 0 Å². The van der Waals surface area contributed by atoms with Gasteiger partial charge in [0.15, 0.2) is 0 Å². The topological polar surface area (TPSA) is 49.4 Å². The molecule has 0 aliphatic heterocycles. The molecule has 1 aromatic carbocycles. The van der Waals surface area contributed by atoms with Crippen LogP contribution in [-0.2, 0) is 4.79 Å². The van der Waals surface area contributed by atoms with E-state index in [0.717, 1.165) is 4.47 Å². The molecule has 0 bridgehead atoms. The molecule has 0 fully saturated rings. The van der Waals surface area contributed by atoms with Gasteiger partial charge in [-0.2, -0.15) is 0 Å². The van der Waals surface area contributed by atoms with Crippen molar-refractivity contribution in [2.24, 2.45) is 0 Å². The van der Waals surface area contributed by atoms with E-state index < -0.39 is 6.04 Å². The Bertz CT molecular complexity index is 477. The number of halogens is 1. The number of likely N-dealkylation sites (N-methyl/N-ethyl adjacent to an activating group) is 1. The number of carbonyl (C=O) groups is 2. The van der Waals surface area contributed by atoms with Gasteiger partial charge in [-0.15, -0.1) is 12.6 Å². The summed E-state index contributed by atoms with van der Waals surface area (Å²) in [6.45, 7) is 1.65. The molecule has 1 aromatic rings. The number of hydrogen-bond acceptors (Lipinski definition) is 3. The Labute approximate surface area is 120 Å². The average molecular weight is 331 g/mol. The predicted molar refractivity (Wildman–Crippen MR) is 77.0 cm³/mol. The first-order valence-electron chi connectivity index (χ1n) is 5.33. The lowest BCUT2D eigenvalue weighted by Gasteiger charge is -2.18. The number of thiol groups is 1. The van der Waals surface area contributed by atoms with Crippen LogP contribution in [0, 0.1) is 0 Å². The second-order valence-electron chi connectivity index (χ2n) is 4.09. The molecule has 1 atom stereocenters. The Morgan fingerprint density at radius 1 is 1.39 bits per heavy atom. The predicted octanol–water partition coefficient (Wildman–Crippen LogP) is 1.94. The van der Waals surface area contributed by atoms with Gasteiger partial charge in [0.2, 0.25) is 5.91 Å². The molecule has 0 aromatic heterocycles. The lowest BCUT2D eigenvalue weighted by molar-refractivity contribution is -0.130. The van der Waals surface area contributed by atoms with E-state index in [1.54, 1.807) is 39.2 Å². The Morgan fingerprint density at radius 3 is 2.50 bits per heavy atom. The molecule has 6 heteroatoms. The van der Waals surface area contributed by atoms with E-state index in [2.05, 4.69) is 33.9 Å². The number of hydrogen-bond donors (Lipinski definition) is 2. The van der Waals surface area contributed by atoms with Gasteiger partial charge in [0.05, 0.1) is 5.56 Å². The van der Waals surface area contributed by atoms with Gasteiger partial charge < -0.3 is 10.2 Å². The standard InChI is InChI=1S/C12H15BrN2O2S/c1-7(12(17)15(2)3)14-11(16)9-5-4-8(13)6-10(9)18/h4-7,18H,1-3H3,(H,14,16). The average Bonchev–Trinajstić information content (AvgIpc) is 2.27. The Kier molecular flexibility index (Phi) is 5.22. The third-order valence-electron chi connectivity index (χ3n) is 2.36. The van der Waals surface area contributed by atoms with Crippen LogP contribution < -0.4 is 5.32 Å². The van der Waals surface area contributed by atoms with Crippen molar-refractivity contribution in [3.05, 3.63) is 28.2 Å². The zero-order chi connectivity index (χ0) is 13.9. The van der Waals surface area contributed by atoms with Crippen LogP contribution >= 0.6 is 28.6 Å². The fourth-order valence-electron chi connectivity index (χ4n) is 1.42. The maximum atomic E-state index is 12.0. The van der Waals surface area contributed by atoms with Crippen LogP contribution in [0.2, 0.25) is 0 Å². The minimum Gasteiger partial charge on any atom is -0.347 e. The summed E-state index contributed by atoms with van der Waals surface area (Å²) in [4.78, 5) is 25.6. The highest BCUT2D eigenvalue weighted by Gasteiger charge is 2.19. The van der Waals surface area contributed by atoms with E-state index in [1.165, 1.54) is 4.90 Å². The lowest BCUT2D eigenvalue weighted by Crippen LogP contribution is -2.44. The first-order valence-corrected chi connectivity index (χ1v) is 6.57. The molecule has 1 unspecified atom stereocenters. The van der Waals surface area contributed by atoms with E-state index >= 15 is 0 Å². The molecule has 4 nitrogen and oxygen atoms in total. The zero-order valence-corrected chi connectivity index (χ0v) is 12.9. The molecule has 0 saturated carbocycles. The Hall–Kier alpha value is -1.01. The molecule has 98 valence electrons. The summed E-state index contributed by atoms with van der Waals surface area (Å²) in [5, 5.41) is 2.64. The molecule has 1 rings (SSSR count). The number of benzene rings is 1. The van der Waals surface area contributed by atoms with Crippen molar-refractivity contribution in [1.29, 1.82) is 0 Å². The van der Waals surface area contributed by atoms with E-state index in [9.17, 15) is 9.59 Å². The summed E-state index contributed by atoms with van der Waals surface area (Å²) in [5.74, 6) is -0.462. The quantitative estimate of drug-likeness (QED) is 0.832. The van der Waals surface area contributed by atoms with Crippen molar-refractivity contribution in [2.45, 2.75) is 17.9 Å². The van der Waals surface area contributed by atoms with Gasteiger partial charge in [-0.1, -0.05) is 15.9 Å². The number of amides is 2. The maximum absolute atomic E-state index is 12.0. The van der Waals surface area contributed by atoms with E-state index in [1.807, 2.05) is 0 Å². The largest absolute Gasteiger partial charge is 0.347 e. The minimum atomic E-state index is -0.566. The van der Waals surface area contributed by atoms with Crippen molar-refractivity contribution in [3.8, 4) is 0 Å². The fraction of sp³-hybridized carbons (Fsp3) is 0.333. The number of nitrogens with zero attached hydrogens (tertiary/aromatic N) is 1. The van der Waals surface area contributed by atoms with Gasteiger partial charge in [-0.3, -0.25) is 9.59 Å². The molecule has 0 radical (unpaired) electrons. The van der Waals surface area contributed by atoms with Crippen LogP contribution in [-0.4, -0.2) is 36.9 Å². The second-order valence-corrected chi connectivity index (χ2v) is 5.49. The van der Waals surface area contributed by atoms with Gasteiger partial charge in [0.1, 0.15) is 6.04 Å². The third kappa shape index (κ3) is 3.74. The van der Waals surface area contributed by atoms with Crippen LogP contribution in [0.4, 0.5) is 0 Å². The summed E-state index contributed by atoms with van der Waals surface area (Å²) >= 11 is 7.53. The highest BCUT2D eigenvalue weighted by atomic mass is 79.9. The van der Waals surface area contributed by atoms with E-state index in [4.69, 9.17) is 0 Å². The van der Waals surface area contributed by atoms with Crippen molar-refractivity contribution in [3.63, 3.8) is 0 Å². The first-order chi connectivity index (χ1) is 8.32. The van der Waals surface area contributed by atoms with E-state index in [0.29, 0.717) is 10.5 Å². The summed E-state index contributed by atoms with van der Waals surface area (Å²) in [5.41, 5.74) is 0.444. The summed E-state index contributed by atoms with van der Waals surface area (Å²) in [6, 6.07) is 4.59. The molecule has 0 heterocycles. The van der Waals surface area contributed by atoms with Gasteiger partial charge in [0.25, 0.3) is 5.91 Å². The van der Waals surface area contributed by atoms with Crippen molar-refractivity contribution < 1.29 is 9.59 Å². The molecule has 0 spiro atoms. The first kappa shape index (κ1) is 15.0. The second kappa shape index (κ2) is 6.24. The molecule has 1 N–H and O–H groups in total. The van der Waals surface area contributed by atoms with Crippen LogP contribution in [0.3, 0.4) is 0 Å². The smallest absolute Gasteiger partial charge is 0.253 e. The SMILES string of the molecule is CC(NC(=O)c1ccc(Br)cc1S)C(=O)N(C)C. The summed E-state index contributed by atoms with van der Waals surface area (Å²) < 4.78 is 0.849. The maximum Gasteiger partial charge on any atom is 0.253 e.